The normalized spacial score (nSPS) is 14.8. The summed E-state index contributed by atoms with van der Waals surface area (Å²) in [5.74, 6) is 1.88. The highest BCUT2D eigenvalue weighted by Crippen LogP contribution is 2.19. The fourth-order valence-corrected chi connectivity index (χ4v) is 3.67. The molecule has 2 heterocycles. The largest absolute Gasteiger partial charge is 0.353 e. The van der Waals surface area contributed by atoms with Crippen LogP contribution in [0.3, 0.4) is 0 Å². The van der Waals surface area contributed by atoms with E-state index in [1.54, 1.807) is 0 Å². The number of benzene rings is 1. The lowest BCUT2D eigenvalue weighted by Crippen LogP contribution is -2.44. The van der Waals surface area contributed by atoms with E-state index in [9.17, 15) is 0 Å². The van der Waals surface area contributed by atoms with Crippen molar-refractivity contribution in [1.82, 2.24) is 25.2 Å². The second kappa shape index (κ2) is 10.2. The summed E-state index contributed by atoms with van der Waals surface area (Å²) in [6.45, 7) is 10.4. The Morgan fingerprint density at radius 2 is 1.67 bits per heavy atom. The van der Waals surface area contributed by atoms with Gasteiger partial charge in [-0.05, 0) is 37.2 Å². The van der Waals surface area contributed by atoms with E-state index in [4.69, 9.17) is 16.6 Å². The first-order valence-corrected chi connectivity index (χ1v) is 10.8. The Morgan fingerprint density at radius 1 is 1.03 bits per heavy atom. The molecule has 1 saturated heterocycles. The number of aromatic nitrogens is 3. The van der Waals surface area contributed by atoms with Gasteiger partial charge in [-0.15, -0.1) is 0 Å². The van der Waals surface area contributed by atoms with Crippen LogP contribution in [0.25, 0.3) is 0 Å². The van der Waals surface area contributed by atoms with Gasteiger partial charge < -0.3 is 25.8 Å². The van der Waals surface area contributed by atoms with Crippen molar-refractivity contribution >= 4 is 29.4 Å². The Hall–Kier alpha value is -2.16. The fraction of sp³-hybridized carbons (Fsp3) is 0.571. The van der Waals surface area contributed by atoms with Crippen LogP contribution in [-0.2, 0) is 6.54 Å². The Labute approximate surface area is 184 Å². The van der Waals surface area contributed by atoms with Gasteiger partial charge in [0.2, 0.25) is 17.8 Å². The van der Waals surface area contributed by atoms with Crippen molar-refractivity contribution in [3.8, 4) is 0 Å². The summed E-state index contributed by atoms with van der Waals surface area (Å²) in [6.07, 6.45) is 0. The maximum absolute atomic E-state index is 5.98. The Bertz CT molecular complexity index is 803. The minimum absolute atomic E-state index is 0.0856. The van der Waals surface area contributed by atoms with Gasteiger partial charge in [-0.25, -0.2) is 0 Å². The van der Waals surface area contributed by atoms with E-state index in [1.807, 2.05) is 24.3 Å². The van der Waals surface area contributed by atoms with Crippen LogP contribution >= 0.6 is 11.6 Å². The molecular formula is C21H33ClN8. The average molecular weight is 433 g/mol. The van der Waals surface area contributed by atoms with E-state index in [0.29, 0.717) is 24.4 Å². The number of hydrogen-bond acceptors (Lipinski definition) is 8. The molecule has 1 aliphatic heterocycles. The van der Waals surface area contributed by atoms with Gasteiger partial charge in [0, 0.05) is 50.8 Å². The first kappa shape index (κ1) is 22.5. The zero-order valence-electron chi connectivity index (χ0n) is 18.4. The number of halogens is 1. The lowest BCUT2D eigenvalue weighted by atomic mass is 9.93. The van der Waals surface area contributed by atoms with Gasteiger partial charge in [-0.1, -0.05) is 37.6 Å². The summed E-state index contributed by atoms with van der Waals surface area (Å²) in [4.78, 5) is 18.4. The smallest absolute Gasteiger partial charge is 0.232 e. The third-order valence-electron chi connectivity index (χ3n) is 4.86. The number of piperazine rings is 1. The van der Waals surface area contributed by atoms with E-state index >= 15 is 0 Å². The highest BCUT2D eigenvalue weighted by atomic mass is 35.5. The molecule has 0 unspecified atom stereocenters. The SMILES string of the molecule is CN(C)CC(C)(C)CNc1nc(NCc2ccc(Cl)cc2)nc(N2CCNCC2)n1. The van der Waals surface area contributed by atoms with Gasteiger partial charge in [0.25, 0.3) is 0 Å². The molecule has 9 heteroatoms. The van der Waals surface area contributed by atoms with Gasteiger partial charge in [-0.3, -0.25) is 0 Å². The molecular weight excluding hydrogens is 400 g/mol. The summed E-state index contributed by atoms with van der Waals surface area (Å²) < 4.78 is 0. The molecule has 0 spiro atoms. The summed E-state index contributed by atoms with van der Waals surface area (Å²) in [5.41, 5.74) is 1.20. The predicted molar refractivity (Wildman–Crippen MR) is 125 cm³/mol. The zero-order valence-corrected chi connectivity index (χ0v) is 19.1. The van der Waals surface area contributed by atoms with Crippen LogP contribution in [0.5, 0.6) is 0 Å². The van der Waals surface area contributed by atoms with Crippen LogP contribution in [-0.4, -0.2) is 73.2 Å². The monoisotopic (exact) mass is 432 g/mol. The van der Waals surface area contributed by atoms with E-state index < -0.39 is 0 Å². The molecule has 3 rings (SSSR count). The molecule has 164 valence electrons. The van der Waals surface area contributed by atoms with Crippen molar-refractivity contribution in [1.29, 1.82) is 0 Å². The van der Waals surface area contributed by atoms with Crippen LogP contribution in [0.4, 0.5) is 17.8 Å². The first-order chi connectivity index (χ1) is 14.3. The van der Waals surface area contributed by atoms with Gasteiger partial charge in [0.15, 0.2) is 0 Å². The molecule has 1 aliphatic rings. The Balaban J connectivity index is 1.74. The second-order valence-corrected chi connectivity index (χ2v) is 9.19. The van der Waals surface area contributed by atoms with Crippen molar-refractivity contribution in [2.45, 2.75) is 20.4 Å². The minimum atomic E-state index is 0.0856. The molecule has 0 atom stereocenters. The van der Waals surface area contributed by atoms with Crippen molar-refractivity contribution in [3.63, 3.8) is 0 Å². The second-order valence-electron chi connectivity index (χ2n) is 8.76. The molecule has 30 heavy (non-hydrogen) atoms. The molecule has 0 saturated carbocycles. The molecule has 3 N–H and O–H groups in total. The number of rotatable bonds is 9. The van der Waals surface area contributed by atoms with Crippen LogP contribution in [0.2, 0.25) is 5.02 Å². The van der Waals surface area contributed by atoms with Gasteiger partial charge in [0.1, 0.15) is 0 Å². The quantitative estimate of drug-likeness (QED) is 0.557. The summed E-state index contributed by atoms with van der Waals surface area (Å²) in [5, 5.41) is 10.9. The highest BCUT2D eigenvalue weighted by molar-refractivity contribution is 6.30. The van der Waals surface area contributed by atoms with Crippen LogP contribution in [0, 0.1) is 5.41 Å². The van der Waals surface area contributed by atoms with Crippen molar-refractivity contribution in [2.24, 2.45) is 5.41 Å². The standard InChI is InChI=1S/C21H33ClN8/c1-21(2,15-29(3)4)14-25-19-26-18(24-13-16-5-7-17(22)8-6-16)27-20(28-19)30-11-9-23-10-12-30/h5-8,23H,9-15H2,1-4H3,(H2,24,25,26,27,28). The molecule has 1 aromatic carbocycles. The molecule has 1 aromatic heterocycles. The minimum Gasteiger partial charge on any atom is -0.353 e. The third-order valence-corrected chi connectivity index (χ3v) is 5.11. The number of nitrogens with zero attached hydrogens (tertiary/aromatic N) is 5. The first-order valence-electron chi connectivity index (χ1n) is 10.4. The van der Waals surface area contributed by atoms with Gasteiger partial charge in [-0.2, -0.15) is 15.0 Å². The van der Waals surface area contributed by atoms with Gasteiger partial charge in [0.05, 0.1) is 0 Å². The fourth-order valence-electron chi connectivity index (χ4n) is 3.54. The maximum Gasteiger partial charge on any atom is 0.232 e. The van der Waals surface area contributed by atoms with Gasteiger partial charge >= 0.3 is 0 Å². The van der Waals surface area contributed by atoms with Crippen molar-refractivity contribution in [2.75, 3.05) is 68.9 Å². The molecule has 0 aliphatic carbocycles. The van der Waals surface area contributed by atoms with Crippen LogP contribution in [0.1, 0.15) is 19.4 Å². The van der Waals surface area contributed by atoms with E-state index in [-0.39, 0.29) is 5.41 Å². The summed E-state index contributed by atoms with van der Waals surface area (Å²) in [6, 6.07) is 7.77. The predicted octanol–water partition coefficient (Wildman–Crippen LogP) is 2.55. The number of nitrogens with one attached hydrogen (secondary N) is 3. The van der Waals surface area contributed by atoms with E-state index in [2.05, 4.69) is 63.7 Å². The summed E-state index contributed by atoms with van der Waals surface area (Å²) >= 11 is 5.98. The van der Waals surface area contributed by atoms with Crippen LogP contribution in [0.15, 0.2) is 24.3 Å². The van der Waals surface area contributed by atoms with Crippen molar-refractivity contribution in [3.05, 3.63) is 34.9 Å². The Morgan fingerprint density at radius 3 is 2.30 bits per heavy atom. The topological polar surface area (TPSA) is 81.2 Å². The average Bonchev–Trinajstić information content (AvgIpc) is 2.72. The Kier molecular flexibility index (Phi) is 7.69. The number of hydrogen-bond donors (Lipinski definition) is 3. The molecule has 1 fully saturated rings. The lowest BCUT2D eigenvalue weighted by Gasteiger charge is -2.29. The maximum atomic E-state index is 5.98. The zero-order chi connectivity index (χ0) is 21.6. The molecule has 2 aromatic rings. The van der Waals surface area contributed by atoms with Crippen molar-refractivity contribution < 1.29 is 0 Å². The molecule has 0 bridgehead atoms. The summed E-state index contributed by atoms with van der Waals surface area (Å²) in [7, 11) is 4.18. The third kappa shape index (κ3) is 6.97. The molecule has 0 radical (unpaired) electrons. The molecule has 8 nitrogen and oxygen atoms in total. The van der Waals surface area contributed by atoms with E-state index in [1.165, 1.54) is 0 Å². The highest BCUT2D eigenvalue weighted by Gasteiger charge is 2.21. The van der Waals surface area contributed by atoms with E-state index in [0.717, 1.165) is 49.9 Å². The lowest BCUT2D eigenvalue weighted by molar-refractivity contribution is 0.254. The number of anilines is 3. The van der Waals surface area contributed by atoms with Crippen LogP contribution < -0.4 is 20.9 Å². The molecule has 0 amide bonds.